The Morgan fingerprint density at radius 2 is 1.67 bits per heavy atom. The first-order valence-corrected chi connectivity index (χ1v) is 12.1. The Labute approximate surface area is 176 Å². The van der Waals surface area contributed by atoms with Crippen molar-refractivity contribution in [3.63, 3.8) is 0 Å². The largest absolute Gasteiger partial charge is 0.307 e. The van der Waals surface area contributed by atoms with Crippen LogP contribution in [0, 0.1) is 5.82 Å². The van der Waals surface area contributed by atoms with Crippen molar-refractivity contribution < 1.29 is 17.6 Å². The van der Waals surface area contributed by atoms with Crippen molar-refractivity contribution in [1.82, 2.24) is 4.31 Å². The Balaban J connectivity index is 1.51. The number of fused-ring (bicyclic) bond motifs is 2. The minimum atomic E-state index is -3.61. The lowest BCUT2D eigenvalue weighted by molar-refractivity contribution is 0.0984. The molecule has 5 nitrogen and oxygen atoms in total. The fourth-order valence-electron chi connectivity index (χ4n) is 5.39. The number of carbonyl (C=O) groups is 1. The van der Waals surface area contributed by atoms with Crippen LogP contribution in [0.5, 0.6) is 0 Å². The van der Waals surface area contributed by atoms with Gasteiger partial charge in [0, 0.05) is 36.2 Å². The highest BCUT2D eigenvalue weighted by molar-refractivity contribution is 7.89. The van der Waals surface area contributed by atoms with Crippen LogP contribution in [0.15, 0.2) is 47.4 Å². The summed E-state index contributed by atoms with van der Waals surface area (Å²) in [5.74, 6) is -0.529. The van der Waals surface area contributed by atoms with Gasteiger partial charge in [0.2, 0.25) is 10.0 Å². The SMILES string of the molecule is O=C(c1cccc(S(=O)(=O)N2CCCC2)c1)N1CC2(CCCC2)c2c(F)cccc21. The summed E-state index contributed by atoms with van der Waals surface area (Å²) in [6.07, 6.45) is 5.51. The standard InChI is InChI=1S/C23H25FN2O3S/c24-19-9-6-10-20-21(19)23(11-1-2-12-23)16-26(20)22(27)17-7-5-8-18(15-17)30(28,29)25-13-3-4-14-25/h5-10,15H,1-4,11-14,16H2. The molecule has 0 atom stereocenters. The van der Waals surface area contributed by atoms with Crippen LogP contribution >= 0.6 is 0 Å². The van der Waals surface area contributed by atoms with Gasteiger partial charge in [-0.15, -0.1) is 0 Å². The highest BCUT2D eigenvalue weighted by Gasteiger charge is 2.48. The van der Waals surface area contributed by atoms with E-state index in [1.807, 2.05) is 0 Å². The minimum absolute atomic E-state index is 0.143. The van der Waals surface area contributed by atoms with Gasteiger partial charge in [0.05, 0.1) is 10.6 Å². The van der Waals surface area contributed by atoms with Crippen LogP contribution in [0.1, 0.15) is 54.4 Å². The summed E-state index contributed by atoms with van der Waals surface area (Å²) in [6.45, 7) is 1.48. The molecule has 2 heterocycles. The van der Waals surface area contributed by atoms with E-state index in [0.717, 1.165) is 38.5 Å². The number of anilines is 1. The molecule has 0 N–H and O–H groups in total. The molecule has 0 radical (unpaired) electrons. The second-order valence-corrected chi connectivity index (χ2v) is 10.6. The smallest absolute Gasteiger partial charge is 0.258 e. The maximum absolute atomic E-state index is 14.8. The lowest BCUT2D eigenvalue weighted by atomic mass is 9.80. The molecule has 2 fully saturated rings. The van der Waals surface area contributed by atoms with E-state index in [1.165, 1.54) is 16.4 Å². The van der Waals surface area contributed by atoms with E-state index >= 15 is 0 Å². The number of amides is 1. The zero-order chi connectivity index (χ0) is 20.9. The van der Waals surface area contributed by atoms with Crippen LogP contribution in [0.25, 0.3) is 0 Å². The van der Waals surface area contributed by atoms with Gasteiger partial charge < -0.3 is 4.90 Å². The van der Waals surface area contributed by atoms with Gasteiger partial charge in [-0.1, -0.05) is 25.0 Å². The fourth-order valence-corrected chi connectivity index (χ4v) is 6.96. The molecule has 7 heteroatoms. The van der Waals surface area contributed by atoms with Crippen molar-refractivity contribution in [3.05, 3.63) is 59.4 Å². The van der Waals surface area contributed by atoms with Crippen molar-refractivity contribution in [2.24, 2.45) is 0 Å². The summed E-state index contributed by atoms with van der Waals surface area (Å²) in [5, 5.41) is 0. The van der Waals surface area contributed by atoms with E-state index in [1.54, 1.807) is 35.2 Å². The van der Waals surface area contributed by atoms with Crippen LogP contribution in [0.3, 0.4) is 0 Å². The van der Waals surface area contributed by atoms with E-state index in [2.05, 4.69) is 0 Å². The summed E-state index contributed by atoms with van der Waals surface area (Å²) in [7, 11) is -3.61. The topological polar surface area (TPSA) is 57.7 Å². The Bertz CT molecular complexity index is 1100. The lowest BCUT2D eigenvalue weighted by Gasteiger charge is -2.25. The van der Waals surface area contributed by atoms with E-state index in [4.69, 9.17) is 0 Å². The van der Waals surface area contributed by atoms with Crippen LogP contribution in [0.4, 0.5) is 10.1 Å². The third-order valence-electron chi connectivity index (χ3n) is 6.86. The molecule has 1 aliphatic carbocycles. The molecule has 30 heavy (non-hydrogen) atoms. The van der Waals surface area contributed by atoms with E-state index < -0.39 is 10.0 Å². The summed E-state index contributed by atoms with van der Waals surface area (Å²) < 4.78 is 42.1. The quantitative estimate of drug-likeness (QED) is 0.740. The number of nitrogens with zero attached hydrogens (tertiary/aromatic N) is 2. The van der Waals surface area contributed by atoms with Crippen molar-refractivity contribution in [2.45, 2.75) is 48.8 Å². The average molecular weight is 429 g/mol. The zero-order valence-corrected chi connectivity index (χ0v) is 17.6. The second kappa shape index (κ2) is 7.17. The van der Waals surface area contributed by atoms with Gasteiger partial charge >= 0.3 is 0 Å². The van der Waals surface area contributed by atoms with Gasteiger partial charge in [-0.2, -0.15) is 4.31 Å². The second-order valence-electron chi connectivity index (χ2n) is 8.65. The van der Waals surface area contributed by atoms with Gasteiger partial charge in [0.25, 0.3) is 5.91 Å². The Hall–Kier alpha value is -2.25. The van der Waals surface area contributed by atoms with Crippen LogP contribution < -0.4 is 4.90 Å². The van der Waals surface area contributed by atoms with Crippen molar-refractivity contribution in [1.29, 1.82) is 0 Å². The highest BCUT2D eigenvalue weighted by Crippen LogP contribution is 2.51. The number of benzene rings is 2. The normalized spacial score (nSPS) is 20.8. The summed E-state index contributed by atoms with van der Waals surface area (Å²) in [6, 6.07) is 11.2. The molecule has 5 rings (SSSR count). The zero-order valence-electron chi connectivity index (χ0n) is 16.8. The molecule has 1 saturated heterocycles. The number of halogens is 1. The van der Waals surface area contributed by atoms with Gasteiger partial charge in [0.1, 0.15) is 5.82 Å². The molecule has 1 saturated carbocycles. The fraction of sp³-hybridized carbons (Fsp3) is 0.435. The van der Waals surface area contributed by atoms with E-state index in [-0.39, 0.29) is 22.0 Å². The predicted molar refractivity (Wildman–Crippen MR) is 113 cm³/mol. The van der Waals surface area contributed by atoms with Gasteiger partial charge in [-0.25, -0.2) is 12.8 Å². The molecule has 2 aliphatic heterocycles. The molecule has 0 unspecified atom stereocenters. The number of sulfonamides is 1. The van der Waals surface area contributed by atoms with Crippen molar-refractivity contribution >= 4 is 21.6 Å². The molecule has 1 amide bonds. The number of hydrogen-bond acceptors (Lipinski definition) is 3. The monoisotopic (exact) mass is 428 g/mol. The van der Waals surface area contributed by atoms with Gasteiger partial charge in [0.15, 0.2) is 0 Å². The number of hydrogen-bond donors (Lipinski definition) is 0. The van der Waals surface area contributed by atoms with Crippen molar-refractivity contribution in [3.8, 4) is 0 Å². The molecule has 1 spiro atoms. The highest BCUT2D eigenvalue weighted by atomic mass is 32.2. The maximum atomic E-state index is 14.8. The lowest BCUT2D eigenvalue weighted by Crippen LogP contribution is -2.36. The predicted octanol–water partition coefficient (Wildman–Crippen LogP) is 4.08. The molecule has 2 aromatic carbocycles. The Morgan fingerprint density at radius 1 is 0.967 bits per heavy atom. The van der Waals surface area contributed by atoms with Crippen LogP contribution in [-0.2, 0) is 15.4 Å². The Kier molecular flexibility index (Phi) is 4.71. The van der Waals surface area contributed by atoms with E-state index in [0.29, 0.717) is 36.4 Å². The first-order valence-electron chi connectivity index (χ1n) is 10.6. The van der Waals surface area contributed by atoms with E-state index in [9.17, 15) is 17.6 Å². The molecular weight excluding hydrogens is 403 g/mol. The molecule has 3 aliphatic rings. The third-order valence-corrected chi connectivity index (χ3v) is 8.76. The minimum Gasteiger partial charge on any atom is -0.307 e. The summed E-state index contributed by atoms with van der Waals surface area (Å²) in [5.41, 5.74) is 1.27. The third kappa shape index (κ3) is 2.98. The molecule has 2 aromatic rings. The summed E-state index contributed by atoms with van der Waals surface area (Å²) in [4.78, 5) is 15.2. The summed E-state index contributed by atoms with van der Waals surface area (Å²) >= 11 is 0. The molecule has 0 aromatic heterocycles. The van der Waals surface area contributed by atoms with Crippen molar-refractivity contribution in [2.75, 3.05) is 24.5 Å². The molecule has 158 valence electrons. The molecular formula is C23H25FN2O3S. The number of carbonyl (C=O) groups excluding carboxylic acids is 1. The maximum Gasteiger partial charge on any atom is 0.258 e. The van der Waals surface area contributed by atoms with Gasteiger partial charge in [-0.3, -0.25) is 4.79 Å². The first kappa shape index (κ1) is 19.7. The first-order chi connectivity index (χ1) is 14.4. The number of rotatable bonds is 3. The van der Waals surface area contributed by atoms with Crippen LogP contribution in [-0.4, -0.2) is 38.3 Å². The van der Waals surface area contributed by atoms with Crippen LogP contribution in [0.2, 0.25) is 0 Å². The Morgan fingerprint density at radius 3 is 2.40 bits per heavy atom. The van der Waals surface area contributed by atoms with Gasteiger partial charge in [-0.05, 0) is 56.0 Å². The molecule has 0 bridgehead atoms. The average Bonchev–Trinajstić information content (AvgIpc) is 3.50.